The fourth-order valence-corrected chi connectivity index (χ4v) is 3.33. The molecule has 0 radical (unpaired) electrons. The first-order chi connectivity index (χ1) is 14.4. The number of fused-ring (bicyclic) bond motifs is 1. The Bertz CT molecular complexity index is 1190. The second kappa shape index (κ2) is 9.31. The SMILES string of the molecule is N#C/C(=C/c1cc(Cl)c(OCC(=O)[O-])c(Cl)c1)C(=O)Nc1ccc2ccccc2c1. The number of hydrogen-bond acceptors (Lipinski definition) is 5. The maximum Gasteiger partial charge on any atom is 0.266 e. The van der Waals surface area contributed by atoms with Gasteiger partial charge in [-0.1, -0.05) is 53.5 Å². The number of nitriles is 1. The van der Waals surface area contributed by atoms with Crippen LogP contribution in [-0.2, 0) is 9.59 Å². The van der Waals surface area contributed by atoms with Gasteiger partial charge >= 0.3 is 0 Å². The molecule has 8 heteroatoms. The summed E-state index contributed by atoms with van der Waals surface area (Å²) in [7, 11) is 0. The Hall–Kier alpha value is -3.53. The normalized spacial score (nSPS) is 11.0. The van der Waals surface area contributed by atoms with E-state index in [9.17, 15) is 20.0 Å². The topological polar surface area (TPSA) is 102 Å². The molecule has 0 fully saturated rings. The van der Waals surface area contributed by atoms with E-state index in [0.29, 0.717) is 11.3 Å². The van der Waals surface area contributed by atoms with Gasteiger partial charge in [0.2, 0.25) is 0 Å². The van der Waals surface area contributed by atoms with Gasteiger partial charge in [-0.05, 0) is 46.7 Å². The van der Waals surface area contributed by atoms with Gasteiger partial charge in [0.1, 0.15) is 18.2 Å². The summed E-state index contributed by atoms with van der Waals surface area (Å²) in [5.74, 6) is -2.06. The van der Waals surface area contributed by atoms with Gasteiger partial charge in [0.05, 0.1) is 16.0 Å². The van der Waals surface area contributed by atoms with Crippen molar-refractivity contribution in [2.45, 2.75) is 0 Å². The quantitative estimate of drug-likeness (QED) is 0.464. The number of carbonyl (C=O) groups excluding carboxylic acids is 2. The molecule has 0 spiro atoms. The molecule has 1 N–H and O–H groups in total. The number of nitrogens with one attached hydrogen (secondary N) is 1. The molecule has 3 aromatic rings. The van der Waals surface area contributed by atoms with E-state index >= 15 is 0 Å². The summed E-state index contributed by atoms with van der Waals surface area (Å²) in [6.07, 6.45) is 1.32. The lowest BCUT2D eigenvalue weighted by Gasteiger charge is -2.11. The van der Waals surface area contributed by atoms with Crippen LogP contribution in [0.3, 0.4) is 0 Å². The van der Waals surface area contributed by atoms with Gasteiger partial charge in [0.25, 0.3) is 5.91 Å². The molecule has 3 rings (SSSR count). The van der Waals surface area contributed by atoms with Crippen molar-refractivity contribution in [3.63, 3.8) is 0 Å². The number of hydrogen-bond donors (Lipinski definition) is 1. The third kappa shape index (κ3) is 5.09. The molecule has 30 heavy (non-hydrogen) atoms. The number of ether oxygens (including phenoxy) is 1. The highest BCUT2D eigenvalue weighted by molar-refractivity contribution is 6.37. The largest absolute Gasteiger partial charge is 0.546 e. The predicted molar refractivity (Wildman–Crippen MR) is 113 cm³/mol. The van der Waals surface area contributed by atoms with E-state index in [1.807, 2.05) is 36.4 Å². The van der Waals surface area contributed by atoms with Crippen LogP contribution in [0.15, 0.2) is 60.2 Å². The first kappa shape index (κ1) is 21.2. The molecule has 0 aliphatic rings. The van der Waals surface area contributed by atoms with Crippen LogP contribution in [0.1, 0.15) is 5.56 Å². The molecule has 0 saturated heterocycles. The van der Waals surface area contributed by atoms with Gasteiger partial charge in [-0.2, -0.15) is 5.26 Å². The number of carboxylic acids is 1. The minimum atomic E-state index is -1.43. The molecule has 6 nitrogen and oxygen atoms in total. The van der Waals surface area contributed by atoms with E-state index in [1.165, 1.54) is 18.2 Å². The first-order valence-corrected chi connectivity index (χ1v) is 9.36. The summed E-state index contributed by atoms with van der Waals surface area (Å²) in [4.78, 5) is 23.1. The first-order valence-electron chi connectivity index (χ1n) is 8.61. The molecule has 0 bridgehead atoms. The number of carbonyl (C=O) groups is 2. The number of halogens is 2. The number of anilines is 1. The van der Waals surface area contributed by atoms with Crippen molar-refractivity contribution in [2.75, 3.05) is 11.9 Å². The maximum absolute atomic E-state index is 12.5. The molecule has 0 aliphatic carbocycles. The van der Waals surface area contributed by atoms with E-state index in [-0.39, 0.29) is 21.4 Å². The molecule has 3 aromatic carbocycles. The highest BCUT2D eigenvalue weighted by atomic mass is 35.5. The number of benzene rings is 3. The van der Waals surface area contributed by atoms with Crippen molar-refractivity contribution in [3.8, 4) is 11.8 Å². The van der Waals surface area contributed by atoms with Crippen molar-refractivity contribution in [1.82, 2.24) is 0 Å². The molecular formula is C22H13Cl2N2O4-. The average molecular weight is 440 g/mol. The van der Waals surface area contributed by atoms with Crippen LogP contribution < -0.4 is 15.2 Å². The highest BCUT2D eigenvalue weighted by Crippen LogP contribution is 2.35. The highest BCUT2D eigenvalue weighted by Gasteiger charge is 2.13. The van der Waals surface area contributed by atoms with E-state index in [2.05, 4.69) is 5.32 Å². The van der Waals surface area contributed by atoms with Gasteiger partial charge in [0, 0.05) is 5.69 Å². The molecule has 0 atom stereocenters. The number of aliphatic carboxylic acids is 1. The molecule has 0 saturated carbocycles. The summed E-state index contributed by atoms with van der Waals surface area (Å²) < 4.78 is 4.99. The minimum absolute atomic E-state index is 0.0289. The Labute approximate surface area is 181 Å². The standard InChI is InChI=1S/C22H14Cl2N2O4/c23-18-8-13(9-19(24)21(18)30-12-20(27)28)7-16(11-25)22(29)26-17-6-5-14-3-1-2-4-15(14)10-17/h1-10H,12H2,(H,26,29)(H,27,28)/p-1/b16-7-. The molecule has 0 aliphatic heterocycles. The average Bonchev–Trinajstić information content (AvgIpc) is 2.71. The molecule has 1 amide bonds. The Kier molecular flexibility index (Phi) is 6.58. The van der Waals surface area contributed by atoms with E-state index in [1.54, 1.807) is 12.1 Å². The van der Waals surface area contributed by atoms with Gasteiger partial charge in [-0.3, -0.25) is 4.79 Å². The van der Waals surface area contributed by atoms with Crippen LogP contribution in [0.2, 0.25) is 10.0 Å². The zero-order valence-electron chi connectivity index (χ0n) is 15.3. The van der Waals surface area contributed by atoms with Crippen LogP contribution in [-0.4, -0.2) is 18.5 Å². The zero-order valence-corrected chi connectivity index (χ0v) is 16.8. The molecule has 0 aromatic heterocycles. The monoisotopic (exact) mass is 439 g/mol. The lowest BCUT2D eigenvalue weighted by atomic mass is 10.1. The van der Waals surface area contributed by atoms with Crippen molar-refractivity contribution in [1.29, 1.82) is 5.26 Å². The Morgan fingerprint density at radius 2 is 1.73 bits per heavy atom. The zero-order chi connectivity index (χ0) is 21.7. The van der Waals surface area contributed by atoms with Gasteiger partial charge in [-0.15, -0.1) is 0 Å². The van der Waals surface area contributed by atoms with Crippen molar-refractivity contribution < 1.29 is 19.4 Å². The van der Waals surface area contributed by atoms with Crippen molar-refractivity contribution in [3.05, 3.63) is 75.8 Å². The number of amides is 1. The lowest BCUT2D eigenvalue weighted by molar-refractivity contribution is -0.307. The van der Waals surface area contributed by atoms with E-state index < -0.39 is 18.5 Å². The van der Waals surface area contributed by atoms with Crippen LogP contribution in [0.5, 0.6) is 5.75 Å². The molecule has 0 unspecified atom stereocenters. The summed E-state index contributed by atoms with van der Waals surface area (Å²) >= 11 is 12.1. The second-order valence-corrected chi connectivity index (χ2v) is 6.97. The maximum atomic E-state index is 12.5. The van der Waals surface area contributed by atoms with Gasteiger partial charge < -0.3 is 20.0 Å². The van der Waals surface area contributed by atoms with Crippen LogP contribution >= 0.6 is 23.2 Å². The summed E-state index contributed by atoms with van der Waals surface area (Å²) in [5, 5.41) is 24.7. The summed E-state index contributed by atoms with van der Waals surface area (Å²) in [5.41, 5.74) is 0.747. The van der Waals surface area contributed by atoms with Crippen LogP contribution in [0, 0.1) is 11.3 Å². The van der Waals surface area contributed by atoms with Crippen molar-refractivity contribution >= 4 is 57.6 Å². The third-order valence-corrected chi connectivity index (χ3v) is 4.60. The summed E-state index contributed by atoms with van der Waals surface area (Å²) in [6, 6.07) is 17.7. The van der Waals surface area contributed by atoms with Gasteiger partial charge in [0.15, 0.2) is 5.75 Å². The Morgan fingerprint density at radius 1 is 1.07 bits per heavy atom. The van der Waals surface area contributed by atoms with E-state index in [4.69, 9.17) is 27.9 Å². The summed E-state index contributed by atoms with van der Waals surface area (Å²) in [6.45, 7) is -0.716. The van der Waals surface area contributed by atoms with Gasteiger partial charge in [-0.25, -0.2) is 0 Å². The minimum Gasteiger partial charge on any atom is -0.546 e. The predicted octanol–water partition coefficient (Wildman–Crippen LogP) is 3.82. The van der Waals surface area contributed by atoms with E-state index in [0.717, 1.165) is 10.8 Å². The van der Waals surface area contributed by atoms with Crippen molar-refractivity contribution in [2.24, 2.45) is 0 Å². The number of nitrogens with zero attached hydrogens (tertiary/aromatic N) is 1. The smallest absolute Gasteiger partial charge is 0.266 e. The van der Waals surface area contributed by atoms with Crippen LogP contribution in [0.25, 0.3) is 16.8 Å². The second-order valence-electron chi connectivity index (χ2n) is 6.16. The molecule has 150 valence electrons. The molecular weight excluding hydrogens is 427 g/mol. The van der Waals surface area contributed by atoms with Crippen LogP contribution in [0.4, 0.5) is 5.69 Å². The fourth-order valence-electron chi connectivity index (χ4n) is 2.71. The number of carboxylic acid groups (broad SMARTS) is 1. The fraction of sp³-hybridized carbons (Fsp3) is 0.0455. The number of rotatable bonds is 6. The third-order valence-electron chi connectivity index (χ3n) is 4.04. The lowest BCUT2D eigenvalue weighted by Crippen LogP contribution is -2.29. The molecule has 0 heterocycles. The Morgan fingerprint density at radius 3 is 2.37 bits per heavy atom. The Balaban J connectivity index is 1.82.